The zero-order valence-electron chi connectivity index (χ0n) is 17.8. The Morgan fingerprint density at radius 3 is 2.30 bits per heavy atom. The van der Waals surface area contributed by atoms with Crippen LogP contribution in [0.5, 0.6) is 0 Å². The number of hydrogen-bond donors (Lipinski definition) is 0. The van der Waals surface area contributed by atoms with Gasteiger partial charge < -0.3 is 9.80 Å². The molecule has 3 aromatic carbocycles. The number of rotatable bonds is 6. The maximum atomic E-state index is 6.64. The van der Waals surface area contributed by atoms with Gasteiger partial charge in [0.1, 0.15) is 5.84 Å². The summed E-state index contributed by atoms with van der Waals surface area (Å²) < 4.78 is 0. The summed E-state index contributed by atoms with van der Waals surface area (Å²) in [6, 6.07) is 25.3. The van der Waals surface area contributed by atoms with E-state index < -0.39 is 0 Å². The summed E-state index contributed by atoms with van der Waals surface area (Å²) in [5.74, 6) is 1.05. The smallest absolute Gasteiger partial charge is 0.102 e. The maximum Gasteiger partial charge on any atom is 0.102 e. The first-order valence-corrected chi connectivity index (χ1v) is 10.8. The monoisotopic (exact) mass is 417 g/mol. The van der Waals surface area contributed by atoms with Gasteiger partial charge in [-0.3, -0.25) is 0 Å². The lowest BCUT2D eigenvalue weighted by molar-refractivity contribution is 0.312. The molecule has 3 aromatic rings. The quantitative estimate of drug-likeness (QED) is 0.461. The van der Waals surface area contributed by atoms with E-state index in [1.54, 1.807) is 0 Å². The Bertz CT molecular complexity index is 1030. The molecule has 0 radical (unpaired) electrons. The topological polar surface area (TPSA) is 18.8 Å². The summed E-state index contributed by atoms with van der Waals surface area (Å²) in [5, 5.41) is 0.747. The predicted octanol–water partition coefficient (Wildman–Crippen LogP) is 6.41. The van der Waals surface area contributed by atoms with Gasteiger partial charge in [-0.1, -0.05) is 72.3 Å². The van der Waals surface area contributed by atoms with Gasteiger partial charge in [0.2, 0.25) is 0 Å². The van der Waals surface area contributed by atoms with E-state index in [2.05, 4.69) is 91.5 Å². The van der Waals surface area contributed by atoms with E-state index in [1.165, 1.54) is 11.1 Å². The molecule has 0 saturated carbocycles. The summed E-state index contributed by atoms with van der Waals surface area (Å²) >= 11 is 6.64. The van der Waals surface area contributed by atoms with E-state index in [1.807, 2.05) is 12.1 Å². The summed E-state index contributed by atoms with van der Waals surface area (Å²) in [5.41, 5.74) is 5.69. The van der Waals surface area contributed by atoms with Gasteiger partial charge in [0.25, 0.3) is 0 Å². The minimum absolute atomic E-state index is 0.0991. The number of halogens is 1. The Morgan fingerprint density at radius 1 is 0.967 bits per heavy atom. The summed E-state index contributed by atoms with van der Waals surface area (Å²) in [6.07, 6.45) is 1.07. The summed E-state index contributed by atoms with van der Waals surface area (Å²) in [4.78, 5) is 9.74. The summed E-state index contributed by atoms with van der Waals surface area (Å²) in [7, 11) is 4.24. The molecule has 0 fully saturated rings. The zero-order chi connectivity index (χ0) is 21.1. The van der Waals surface area contributed by atoms with E-state index in [9.17, 15) is 0 Å². The van der Waals surface area contributed by atoms with Crippen LogP contribution in [0, 0.1) is 0 Å². The van der Waals surface area contributed by atoms with Crippen molar-refractivity contribution in [3.05, 3.63) is 88.9 Å². The fourth-order valence-corrected chi connectivity index (χ4v) is 4.44. The molecule has 4 rings (SSSR count). The van der Waals surface area contributed by atoms with Gasteiger partial charge in [0.05, 0.1) is 11.7 Å². The molecular formula is C26H28ClN3. The molecule has 4 heteroatoms. The molecule has 30 heavy (non-hydrogen) atoms. The molecule has 154 valence electrons. The van der Waals surface area contributed by atoms with Gasteiger partial charge >= 0.3 is 0 Å². The molecule has 0 N–H and O–H groups in total. The van der Waals surface area contributed by atoms with Crippen molar-refractivity contribution in [3.8, 4) is 11.1 Å². The number of amidine groups is 1. The van der Waals surface area contributed by atoms with Crippen LogP contribution < -0.4 is 0 Å². The molecular weight excluding hydrogens is 390 g/mol. The lowest BCUT2D eigenvalue weighted by atomic mass is 9.90. The highest BCUT2D eigenvalue weighted by molar-refractivity contribution is 6.31. The zero-order valence-corrected chi connectivity index (χ0v) is 18.6. The lowest BCUT2D eigenvalue weighted by Crippen LogP contribution is -2.38. The average Bonchev–Trinajstić information content (AvgIpc) is 2.75. The third kappa shape index (κ3) is 4.28. The van der Waals surface area contributed by atoms with Crippen LogP contribution in [0.1, 0.15) is 30.5 Å². The van der Waals surface area contributed by atoms with Crippen LogP contribution in [0.25, 0.3) is 11.1 Å². The standard InChI is InChI=1S/C26H28ClN3/c1-19-28-25-23(20-11-6-4-7-12-20)17-22(27)18-24(25)26(21-13-8-5-9-14-21)30(19)16-10-15-29(2)3/h4-9,11-14,17-18,26H,10,15-16H2,1-3H3. The van der Waals surface area contributed by atoms with Crippen molar-refractivity contribution in [2.75, 3.05) is 27.2 Å². The molecule has 1 heterocycles. The molecule has 1 unspecified atom stereocenters. The number of aliphatic imine (C=N–C) groups is 1. The molecule has 0 bridgehead atoms. The van der Waals surface area contributed by atoms with Crippen LogP contribution >= 0.6 is 11.6 Å². The van der Waals surface area contributed by atoms with E-state index in [4.69, 9.17) is 16.6 Å². The fraction of sp³-hybridized carbons (Fsp3) is 0.269. The third-order valence-electron chi connectivity index (χ3n) is 5.60. The molecule has 0 aliphatic carbocycles. The predicted molar refractivity (Wildman–Crippen MR) is 128 cm³/mol. The number of hydrogen-bond acceptors (Lipinski definition) is 3. The van der Waals surface area contributed by atoms with Crippen LogP contribution in [0.3, 0.4) is 0 Å². The SMILES string of the molecule is CC1=Nc2c(-c3ccccc3)cc(Cl)cc2C(c2ccccc2)N1CCCN(C)C. The second-order valence-electron chi connectivity index (χ2n) is 8.08. The molecule has 3 nitrogen and oxygen atoms in total. The van der Waals surface area contributed by atoms with Gasteiger partial charge in [-0.25, -0.2) is 4.99 Å². The normalized spacial score (nSPS) is 15.8. The first-order valence-electron chi connectivity index (χ1n) is 10.4. The van der Waals surface area contributed by atoms with E-state index in [0.717, 1.165) is 47.2 Å². The molecule has 0 amide bonds. The largest absolute Gasteiger partial charge is 0.349 e. The van der Waals surface area contributed by atoms with Crippen LogP contribution in [0.15, 0.2) is 77.8 Å². The maximum absolute atomic E-state index is 6.64. The van der Waals surface area contributed by atoms with Crippen LogP contribution in [-0.2, 0) is 0 Å². The highest BCUT2D eigenvalue weighted by Crippen LogP contribution is 2.45. The van der Waals surface area contributed by atoms with E-state index in [0.29, 0.717) is 0 Å². The van der Waals surface area contributed by atoms with E-state index >= 15 is 0 Å². The Hall–Kier alpha value is -2.62. The first-order chi connectivity index (χ1) is 14.5. The highest BCUT2D eigenvalue weighted by Gasteiger charge is 2.31. The van der Waals surface area contributed by atoms with Gasteiger partial charge in [0.15, 0.2) is 0 Å². The average molecular weight is 418 g/mol. The Kier molecular flexibility index (Phi) is 6.21. The third-order valence-corrected chi connectivity index (χ3v) is 5.82. The van der Waals surface area contributed by atoms with Crippen LogP contribution in [0.4, 0.5) is 5.69 Å². The van der Waals surface area contributed by atoms with Crippen LogP contribution in [-0.4, -0.2) is 42.8 Å². The van der Waals surface area contributed by atoms with Gasteiger partial charge in [-0.2, -0.15) is 0 Å². The van der Waals surface area contributed by atoms with E-state index in [-0.39, 0.29) is 6.04 Å². The minimum atomic E-state index is 0.0991. The van der Waals surface area contributed by atoms with Crippen molar-refractivity contribution in [1.29, 1.82) is 0 Å². The van der Waals surface area contributed by atoms with Crippen molar-refractivity contribution in [2.24, 2.45) is 4.99 Å². The second-order valence-corrected chi connectivity index (χ2v) is 8.52. The number of fused-ring (bicyclic) bond motifs is 1. The molecule has 0 saturated heterocycles. The first kappa shape index (κ1) is 20.6. The van der Waals surface area contributed by atoms with Crippen molar-refractivity contribution in [3.63, 3.8) is 0 Å². The molecule has 1 aliphatic heterocycles. The lowest BCUT2D eigenvalue weighted by Gasteiger charge is -2.38. The van der Waals surface area contributed by atoms with Gasteiger partial charge in [-0.15, -0.1) is 0 Å². The fourth-order valence-electron chi connectivity index (χ4n) is 4.22. The Balaban J connectivity index is 1.85. The van der Waals surface area contributed by atoms with Crippen LogP contribution in [0.2, 0.25) is 5.02 Å². The summed E-state index contributed by atoms with van der Waals surface area (Å²) in [6.45, 7) is 4.11. The van der Waals surface area contributed by atoms with Crippen molar-refractivity contribution in [1.82, 2.24) is 9.80 Å². The molecule has 1 atom stereocenters. The van der Waals surface area contributed by atoms with Gasteiger partial charge in [0, 0.05) is 22.7 Å². The number of nitrogens with zero attached hydrogens (tertiary/aromatic N) is 3. The minimum Gasteiger partial charge on any atom is -0.349 e. The number of benzene rings is 3. The molecule has 0 spiro atoms. The highest BCUT2D eigenvalue weighted by atomic mass is 35.5. The van der Waals surface area contributed by atoms with Crippen molar-refractivity contribution in [2.45, 2.75) is 19.4 Å². The molecule has 0 aromatic heterocycles. The molecule has 1 aliphatic rings. The van der Waals surface area contributed by atoms with Crippen molar-refractivity contribution < 1.29 is 0 Å². The Morgan fingerprint density at radius 2 is 1.63 bits per heavy atom. The Labute approximate surface area is 184 Å². The van der Waals surface area contributed by atoms with Gasteiger partial charge in [-0.05, 0) is 57.2 Å². The second kappa shape index (κ2) is 9.03. The van der Waals surface area contributed by atoms with Crippen molar-refractivity contribution >= 4 is 23.1 Å².